The predicted molar refractivity (Wildman–Crippen MR) is 130 cm³/mol. The Morgan fingerprint density at radius 2 is 2.00 bits per heavy atom. The van der Waals surface area contributed by atoms with E-state index < -0.39 is 6.10 Å². The molecule has 0 spiro atoms. The average Bonchev–Trinajstić information content (AvgIpc) is 3.40. The van der Waals surface area contributed by atoms with Gasteiger partial charge in [0.05, 0.1) is 23.9 Å². The fraction of sp³-hybridized carbons (Fsp3) is 0.462. The van der Waals surface area contributed by atoms with Crippen LogP contribution in [0.1, 0.15) is 48.3 Å². The van der Waals surface area contributed by atoms with Gasteiger partial charge in [-0.25, -0.2) is 0 Å². The van der Waals surface area contributed by atoms with E-state index in [1.807, 2.05) is 0 Å². The van der Waals surface area contributed by atoms with Crippen LogP contribution >= 0.6 is 0 Å². The highest BCUT2D eigenvalue weighted by molar-refractivity contribution is 5.96. The van der Waals surface area contributed by atoms with Crippen LogP contribution < -0.4 is 20.7 Å². The van der Waals surface area contributed by atoms with Crippen LogP contribution in [-0.2, 0) is 11.3 Å². The SMILES string of the molecule is N#Cc1ccc2c(c1)NC[C@@H](C(=O)Nc1cc(O)c(C3CCCC3)cc1CN1CCNCC1)O2. The molecule has 2 heterocycles. The molecule has 0 aromatic heterocycles. The van der Waals surface area contributed by atoms with Crippen LogP contribution in [0.25, 0.3) is 0 Å². The number of nitrogens with zero attached hydrogens (tertiary/aromatic N) is 2. The number of nitriles is 1. The maximum Gasteiger partial charge on any atom is 0.267 e. The number of hydrogen-bond donors (Lipinski definition) is 4. The summed E-state index contributed by atoms with van der Waals surface area (Å²) >= 11 is 0. The van der Waals surface area contributed by atoms with Gasteiger partial charge in [-0.15, -0.1) is 0 Å². The number of anilines is 2. The number of hydrogen-bond acceptors (Lipinski definition) is 7. The second-order valence-electron chi connectivity index (χ2n) is 9.38. The van der Waals surface area contributed by atoms with E-state index in [0.29, 0.717) is 35.2 Å². The number of fused-ring (bicyclic) bond motifs is 1. The van der Waals surface area contributed by atoms with Gasteiger partial charge in [-0.2, -0.15) is 5.26 Å². The maximum absolute atomic E-state index is 13.2. The second kappa shape index (κ2) is 9.92. The number of phenols is 1. The zero-order valence-electron chi connectivity index (χ0n) is 19.3. The van der Waals surface area contributed by atoms with Crippen LogP contribution in [0.2, 0.25) is 0 Å². The van der Waals surface area contributed by atoms with Crippen LogP contribution in [0.3, 0.4) is 0 Å². The number of rotatable bonds is 5. The standard InChI is InChI=1S/C26H31N5O3/c27-14-17-5-6-24-22(11-17)29-15-25(34-24)26(33)30-21-13-23(32)20(18-3-1-2-4-18)12-19(21)16-31-9-7-28-8-10-31/h5-6,11-13,18,25,28-29,32H,1-4,7-10,15-16H2,(H,30,33)/t25-/m0/s1. The van der Waals surface area contributed by atoms with Crippen molar-refractivity contribution < 1.29 is 14.6 Å². The highest BCUT2D eigenvalue weighted by atomic mass is 16.5. The van der Waals surface area contributed by atoms with Gasteiger partial charge >= 0.3 is 0 Å². The molecule has 2 aromatic rings. The minimum Gasteiger partial charge on any atom is -0.508 e. The zero-order chi connectivity index (χ0) is 23.5. The van der Waals surface area contributed by atoms with Gasteiger partial charge in [0.15, 0.2) is 6.10 Å². The highest BCUT2D eigenvalue weighted by Gasteiger charge is 2.28. The normalized spacial score (nSPS) is 20.6. The smallest absolute Gasteiger partial charge is 0.267 e. The summed E-state index contributed by atoms with van der Waals surface area (Å²) in [4.78, 5) is 15.5. The van der Waals surface area contributed by atoms with E-state index >= 15 is 0 Å². The largest absolute Gasteiger partial charge is 0.508 e. The average molecular weight is 462 g/mol. The summed E-state index contributed by atoms with van der Waals surface area (Å²) in [6, 6.07) is 11.0. The Morgan fingerprint density at radius 1 is 1.21 bits per heavy atom. The fourth-order valence-electron chi connectivity index (χ4n) is 5.17. The highest BCUT2D eigenvalue weighted by Crippen LogP contribution is 2.41. The molecule has 3 aliphatic rings. The number of benzene rings is 2. The van der Waals surface area contributed by atoms with E-state index in [2.05, 4.69) is 33.0 Å². The fourth-order valence-corrected chi connectivity index (χ4v) is 5.17. The Hall–Kier alpha value is -3.28. The number of carbonyl (C=O) groups is 1. The van der Waals surface area contributed by atoms with Crippen molar-refractivity contribution in [2.24, 2.45) is 0 Å². The molecule has 0 bridgehead atoms. The first-order valence-electron chi connectivity index (χ1n) is 12.1. The summed E-state index contributed by atoms with van der Waals surface area (Å²) in [5.74, 6) is 0.915. The summed E-state index contributed by atoms with van der Waals surface area (Å²) in [5.41, 5.74) is 3.91. The van der Waals surface area contributed by atoms with Gasteiger partial charge in [-0.3, -0.25) is 9.69 Å². The van der Waals surface area contributed by atoms with Crippen molar-refractivity contribution in [1.29, 1.82) is 5.26 Å². The first kappa shape index (κ1) is 22.5. The number of piperazine rings is 1. The number of phenolic OH excluding ortho intramolecular Hbond substituents is 1. The number of ether oxygens (including phenoxy) is 1. The van der Waals surface area contributed by atoms with E-state index in [1.54, 1.807) is 24.3 Å². The van der Waals surface area contributed by atoms with E-state index in [4.69, 9.17) is 10.00 Å². The Labute approximate surface area is 199 Å². The van der Waals surface area contributed by atoms with Gasteiger partial charge in [0.25, 0.3) is 5.91 Å². The van der Waals surface area contributed by atoms with E-state index in [1.165, 1.54) is 12.8 Å². The van der Waals surface area contributed by atoms with Crippen molar-refractivity contribution in [3.8, 4) is 17.6 Å². The molecule has 2 aromatic carbocycles. The molecular formula is C26H31N5O3. The van der Waals surface area contributed by atoms with Crippen LogP contribution in [0, 0.1) is 11.3 Å². The van der Waals surface area contributed by atoms with Crippen LogP contribution in [0.4, 0.5) is 11.4 Å². The Balaban J connectivity index is 1.36. The molecule has 2 fully saturated rings. The molecule has 2 aliphatic heterocycles. The van der Waals surface area contributed by atoms with Crippen molar-refractivity contribution in [2.75, 3.05) is 43.4 Å². The lowest BCUT2D eigenvalue weighted by Gasteiger charge is -2.29. The third kappa shape index (κ3) is 4.81. The molecule has 0 unspecified atom stereocenters. The molecular weight excluding hydrogens is 430 g/mol. The van der Waals surface area contributed by atoms with Gasteiger partial charge in [-0.05, 0) is 54.2 Å². The molecule has 178 valence electrons. The Morgan fingerprint density at radius 3 is 2.76 bits per heavy atom. The quantitative estimate of drug-likeness (QED) is 0.542. The van der Waals surface area contributed by atoms with Gasteiger partial charge in [-0.1, -0.05) is 12.8 Å². The summed E-state index contributed by atoms with van der Waals surface area (Å²) in [7, 11) is 0. The van der Waals surface area contributed by atoms with Gasteiger partial charge in [0, 0.05) is 44.5 Å². The lowest BCUT2D eigenvalue weighted by atomic mass is 9.93. The van der Waals surface area contributed by atoms with Crippen LogP contribution in [-0.4, -0.2) is 54.7 Å². The molecule has 34 heavy (non-hydrogen) atoms. The van der Waals surface area contributed by atoms with E-state index in [-0.39, 0.29) is 11.7 Å². The van der Waals surface area contributed by atoms with E-state index in [9.17, 15) is 9.90 Å². The first-order chi connectivity index (χ1) is 16.6. The molecule has 1 saturated carbocycles. The van der Waals surface area contributed by atoms with Crippen molar-refractivity contribution in [3.63, 3.8) is 0 Å². The molecule has 1 saturated heterocycles. The molecule has 8 nitrogen and oxygen atoms in total. The maximum atomic E-state index is 13.2. The van der Waals surface area contributed by atoms with Crippen molar-refractivity contribution in [1.82, 2.24) is 10.2 Å². The number of carbonyl (C=O) groups excluding carboxylic acids is 1. The number of amides is 1. The topological polar surface area (TPSA) is 110 Å². The first-order valence-corrected chi connectivity index (χ1v) is 12.1. The molecule has 0 radical (unpaired) electrons. The number of aromatic hydroxyl groups is 1. The van der Waals surface area contributed by atoms with Crippen LogP contribution in [0.5, 0.6) is 11.5 Å². The van der Waals surface area contributed by atoms with E-state index in [0.717, 1.165) is 56.7 Å². The minimum absolute atomic E-state index is 0.253. The summed E-state index contributed by atoms with van der Waals surface area (Å²) in [6.07, 6.45) is 3.86. The van der Waals surface area contributed by atoms with Gasteiger partial charge in [0.2, 0.25) is 0 Å². The lowest BCUT2D eigenvalue weighted by Crippen LogP contribution is -2.43. The van der Waals surface area contributed by atoms with Gasteiger partial charge in [0.1, 0.15) is 11.5 Å². The minimum atomic E-state index is -0.718. The third-order valence-electron chi connectivity index (χ3n) is 7.06. The van der Waals surface area contributed by atoms with Gasteiger partial charge < -0.3 is 25.8 Å². The summed E-state index contributed by atoms with van der Waals surface area (Å²) in [5, 5.41) is 29.5. The lowest BCUT2D eigenvalue weighted by molar-refractivity contribution is -0.122. The monoisotopic (exact) mass is 461 g/mol. The van der Waals surface area contributed by atoms with Crippen molar-refractivity contribution >= 4 is 17.3 Å². The molecule has 4 N–H and O–H groups in total. The zero-order valence-corrected chi connectivity index (χ0v) is 19.3. The molecule has 1 aliphatic carbocycles. The van der Waals surface area contributed by atoms with Crippen molar-refractivity contribution in [3.05, 3.63) is 47.0 Å². The second-order valence-corrected chi connectivity index (χ2v) is 9.38. The Bertz CT molecular complexity index is 1100. The predicted octanol–water partition coefficient (Wildman–Crippen LogP) is 3.14. The summed E-state index contributed by atoms with van der Waals surface area (Å²) < 4.78 is 5.93. The molecule has 8 heteroatoms. The van der Waals surface area contributed by atoms with Crippen LogP contribution in [0.15, 0.2) is 30.3 Å². The third-order valence-corrected chi connectivity index (χ3v) is 7.06. The summed E-state index contributed by atoms with van der Waals surface area (Å²) in [6.45, 7) is 4.82. The number of nitrogens with one attached hydrogen (secondary N) is 3. The van der Waals surface area contributed by atoms with Crippen molar-refractivity contribution in [2.45, 2.75) is 44.2 Å². The Kier molecular flexibility index (Phi) is 6.57. The molecule has 5 rings (SSSR count). The molecule has 1 atom stereocenters. The molecule has 1 amide bonds.